The molecule has 1 amide bonds. The molecular weight excluding hydrogens is 348 g/mol. The molecule has 0 saturated carbocycles. The van der Waals surface area contributed by atoms with E-state index in [1.807, 2.05) is 34.6 Å². The number of nitrogens with one attached hydrogen (secondary N) is 1. The number of morpholine rings is 2. The van der Waals surface area contributed by atoms with Crippen LogP contribution in [0.25, 0.3) is 0 Å². The van der Waals surface area contributed by atoms with Gasteiger partial charge in [-0.3, -0.25) is 9.80 Å². The van der Waals surface area contributed by atoms with Crippen molar-refractivity contribution in [2.24, 2.45) is 5.73 Å². The molecule has 1 unspecified atom stereocenters. The highest BCUT2D eigenvalue weighted by molar-refractivity contribution is 5.68. The summed E-state index contributed by atoms with van der Waals surface area (Å²) in [6.45, 7) is 18.7. The summed E-state index contributed by atoms with van der Waals surface area (Å²) in [6.07, 6.45) is -0.349. The van der Waals surface area contributed by atoms with E-state index in [1.165, 1.54) is 0 Å². The molecule has 0 radical (unpaired) electrons. The average Bonchev–Trinajstić information content (AvgIpc) is 2.54. The molecule has 3 N–H and O–H groups in total. The maximum absolute atomic E-state index is 11.5. The van der Waals surface area contributed by atoms with Crippen molar-refractivity contribution in [3.8, 4) is 0 Å². The van der Waals surface area contributed by atoms with Crippen LogP contribution in [-0.2, 0) is 14.2 Å². The van der Waals surface area contributed by atoms with Crippen molar-refractivity contribution in [3.05, 3.63) is 0 Å². The number of carbonyl (C=O) groups excluding carboxylic acids is 1. The molecule has 2 rings (SSSR count). The zero-order valence-electron chi connectivity index (χ0n) is 17.8. The fourth-order valence-electron chi connectivity index (χ4n) is 2.92. The molecular formula is C19H40N4O4. The molecule has 0 spiro atoms. The number of hydrogen-bond acceptors (Lipinski definition) is 7. The van der Waals surface area contributed by atoms with Gasteiger partial charge in [0.2, 0.25) is 0 Å². The van der Waals surface area contributed by atoms with E-state index in [0.29, 0.717) is 0 Å². The zero-order valence-corrected chi connectivity index (χ0v) is 17.8. The lowest BCUT2D eigenvalue weighted by molar-refractivity contribution is 0.0301. The SMILES string of the molecule is CC(CN1CCOCC1)NC(=O)OC(C)(C)C.C[C@H](N)CN1CCOCC1. The maximum Gasteiger partial charge on any atom is 0.407 e. The van der Waals surface area contributed by atoms with Crippen LogP contribution in [0.4, 0.5) is 4.79 Å². The number of hydrogen-bond donors (Lipinski definition) is 2. The number of amides is 1. The van der Waals surface area contributed by atoms with E-state index in [9.17, 15) is 4.79 Å². The van der Waals surface area contributed by atoms with Gasteiger partial charge in [-0.15, -0.1) is 0 Å². The third-order valence-corrected chi connectivity index (χ3v) is 4.05. The molecule has 160 valence electrons. The molecule has 8 heteroatoms. The molecule has 0 bridgehead atoms. The van der Waals surface area contributed by atoms with E-state index < -0.39 is 5.60 Å². The van der Waals surface area contributed by atoms with Crippen LogP contribution in [0, 0.1) is 0 Å². The van der Waals surface area contributed by atoms with Crippen molar-refractivity contribution in [1.29, 1.82) is 0 Å². The van der Waals surface area contributed by atoms with Gasteiger partial charge in [0, 0.05) is 51.4 Å². The van der Waals surface area contributed by atoms with Crippen LogP contribution in [0.15, 0.2) is 0 Å². The Morgan fingerprint density at radius 1 is 1.00 bits per heavy atom. The van der Waals surface area contributed by atoms with Gasteiger partial charge in [0.1, 0.15) is 5.60 Å². The van der Waals surface area contributed by atoms with Crippen LogP contribution in [0.5, 0.6) is 0 Å². The number of alkyl carbamates (subject to hydrolysis) is 1. The Kier molecular flexibility index (Phi) is 11.2. The van der Waals surface area contributed by atoms with E-state index >= 15 is 0 Å². The van der Waals surface area contributed by atoms with Crippen LogP contribution in [-0.4, -0.2) is 99.3 Å². The van der Waals surface area contributed by atoms with Crippen molar-refractivity contribution in [2.75, 3.05) is 65.7 Å². The number of rotatable bonds is 5. The van der Waals surface area contributed by atoms with E-state index in [1.54, 1.807) is 0 Å². The first-order valence-electron chi connectivity index (χ1n) is 10.0. The molecule has 2 aliphatic rings. The van der Waals surface area contributed by atoms with Crippen molar-refractivity contribution in [3.63, 3.8) is 0 Å². The lowest BCUT2D eigenvalue weighted by atomic mass is 10.2. The summed E-state index contributed by atoms with van der Waals surface area (Å²) in [4.78, 5) is 16.2. The first kappa shape index (κ1) is 24.1. The first-order valence-corrected chi connectivity index (χ1v) is 10.0. The van der Waals surface area contributed by atoms with Gasteiger partial charge in [0.05, 0.1) is 26.4 Å². The molecule has 27 heavy (non-hydrogen) atoms. The lowest BCUT2D eigenvalue weighted by Crippen LogP contribution is -2.47. The van der Waals surface area contributed by atoms with Gasteiger partial charge >= 0.3 is 6.09 Å². The molecule has 2 heterocycles. The van der Waals surface area contributed by atoms with Crippen LogP contribution >= 0.6 is 0 Å². The Balaban J connectivity index is 0.000000309. The summed E-state index contributed by atoms with van der Waals surface area (Å²) in [5, 5.41) is 2.84. The standard InChI is InChI=1S/C12H24N2O3.C7H16N2O/c1-10(9-14-5-7-16-8-6-14)13-11(15)17-12(2,3)4;1-7(8)6-9-2-4-10-5-3-9/h10H,5-9H2,1-4H3,(H,13,15);7H,2-6,8H2,1H3/t;7-/m.0/s1. The van der Waals surface area contributed by atoms with Crippen molar-refractivity contribution >= 4 is 6.09 Å². The maximum atomic E-state index is 11.5. The molecule has 8 nitrogen and oxygen atoms in total. The molecule has 0 aromatic heterocycles. The van der Waals surface area contributed by atoms with Crippen molar-refractivity contribution in [2.45, 2.75) is 52.3 Å². The fourth-order valence-corrected chi connectivity index (χ4v) is 2.92. The van der Waals surface area contributed by atoms with E-state index in [-0.39, 0.29) is 18.2 Å². The van der Waals surface area contributed by atoms with Crippen LogP contribution in [0.3, 0.4) is 0 Å². The van der Waals surface area contributed by atoms with Gasteiger partial charge in [0.15, 0.2) is 0 Å². The highest BCUT2D eigenvalue weighted by Gasteiger charge is 2.19. The minimum atomic E-state index is -0.442. The Hall–Kier alpha value is -0.930. The highest BCUT2D eigenvalue weighted by Crippen LogP contribution is 2.07. The minimum Gasteiger partial charge on any atom is -0.444 e. The first-order chi connectivity index (χ1) is 12.7. The Bertz CT molecular complexity index is 403. The van der Waals surface area contributed by atoms with Crippen molar-refractivity contribution < 1.29 is 19.0 Å². The monoisotopic (exact) mass is 388 g/mol. The van der Waals surface area contributed by atoms with Gasteiger partial charge < -0.3 is 25.3 Å². The second-order valence-corrected chi connectivity index (χ2v) is 8.35. The summed E-state index contributed by atoms with van der Waals surface area (Å²) in [6, 6.07) is 0.376. The summed E-state index contributed by atoms with van der Waals surface area (Å²) >= 11 is 0. The topological polar surface area (TPSA) is 89.3 Å². The molecule has 2 aliphatic heterocycles. The van der Waals surface area contributed by atoms with Gasteiger partial charge in [-0.25, -0.2) is 4.79 Å². The van der Waals surface area contributed by atoms with Gasteiger partial charge in [0.25, 0.3) is 0 Å². The second kappa shape index (κ2) is 12.5. The van der Waals surface area contributed by atoms with Crippen LogP contribution in [0.2, 0.25) is 0 Å². The quantitative estimate of drug-likeness (QED) is 0.723. The molecule has 2 fully saturated rings. The molecule has 0 aliphatic carbocycles. The predicted octanol–water partition coefficient (Wildman–Crippen LogP) is 0.898. The molecule has 0 aromatic rings. The lowest BCUT2D eigenvalue weighted by Gasteiger charge is -2.29. The van der Waals surface area contributed by atoms with E-state index in [0.717, 1.165) is 65.7 Å². The summed E-state index contributed by atoms with van der Waals surface area (Å²) < 4.78 is 15.7. The smallest absolute Gasteiger partial charge is 0.407 e. The van der Waals surface area contributed by atoms with Crippen LogP contribution < -0.4 is 11.1 Å². The molecule has 0 aromatic carbocycles. The van der Waals surface area contributed by atoms with Gasteiger partial charge in [-0.1, -0.05) is 0 Å². The number of carbonyl (C=O) groups is 1. The highest BCUT2D eigenvalue weighted by atomic mass is 16.6. The average molecular weight is 389 g/mol. The molecule has 2 atom stereocenters. The Morgan fingerprint density at radius 3 is 1.85 bits per heavy atom. The second-order valence-electron chi connectivity index (χ2n) is 8.35. The minimum absolute atomic E-state index is 0.0861. The Morgan fingerprint density at radius 2 is 1.44 bits per heavy atom. The summed E-state index contributed by atoms with van der Waals surface area (Å²) in [5.41, 5.74) is 5.20. The third-order valence-electron chi connectivity index (χ3n) is 4.05. The summed E-state index contributed by atoms with van der Waals surface area (Å²) in [7, 11) is 0. The number of nitrogens with zero attached hydrogens (tertiary/aromatic N) is 2. The van der Waals surface area contributed by atoms with Crippen LogP contribution in [0.1, 0.15) is 34.6 Å². The summed E-state index contributed by atoms with van der Waals surface area (Å²) in [5.74, 6) is 0. The van der Waals surface area contributed by atoms with E-state index in [2.05, 4.69) is 15.1 Å². The fraction of sp³-hybridized carbons (Fsp3) is 0.947. The zero-order chi connectivity index (χ0) is 20.3. The predicted molar refractivity (Wildman–Crippen MR) is 107 cm³/mol. The van der Waals surface area contributed by atoms with Gasteiger partial charge in [-0.05, 0) is 34.6 Å². The molecule has 2 saturated heterocycles. The largest absolute Gasteiger partial charge is 0.444 e. The number of ether oxygens (including phenoxy) is 3. The normalized spacial score (nSPS) is 21.6. The third kappa shape index (κ3) is 13.0. The van der Waals surface area contributed by atoms with E-state index in [4.69, 9.17) is 19.9 Å². The number of nitrogens with two attached hydrogens (primary N) is 1. The van der Waals surface area contributed by atoms with Gasteiger partial charge in [-0.2, -0.15) is 0 Å². The Labute approximate surface area is 164 Å². The van der Waals surface area contributed by atoms with Crippen molar-refractivity contribution in [1.82, 2.24) is 15.1 Å².